The lowest BCUT2D eigenvalue weighted by Gasteiger charge is -2.09. The molecule has 3 heterocycles. The van der Waals surface area contributed by atoms with E-state index in [1.54, 1.807) is 6.20 Å². The van der Waals surface area contributed by atoms with Crippen LogP contribution in [0.2, 0.25) is 0 Å². The van der Waals surface area contributed by atoms with Crippen LogP contribution in [0.25, 0.3) is 11.2 Å². The number of pyridine rings is 1. The molecule has 4 nitrogen and oxygen atoms in total. The number of imidazole rings is 1. The van der Waals surface area contributed by atoms with Crippen molar-refractivity contribution in [2.45, 2.75) is 25.4 Å². The van der Waals surface area contributed by atoms with Gasteiger partial charge in [-0.15, -0.1) is 0 Å². The van der Waals surface area contributed by atoms with Gasteiger partial charge >= 0.3 is 0 Å². The molecule has 1 fully saturated rings. The van der Waals surface area contributed by atoms with Crippen LogP contribution >= 0.6 is 0 Å². The van der Waals surface area contributed by atoms with Crippen molar-refractivity contribution in [3.05, 3.63) is 24.2 Å². The predicted octanol–water partition coefficient (Wildman–Crippen LogP) is 1.85. The first-order valence-corrected chi connectivity index (χ1v) is 5.27. The lowest BCUT2D eigenvalue weighted by molar-refractivity contribution is 0.117. The molecule has 4 heteroatoms. The third kappa shape index (κ3) is 1.41. The smallest absolute Gasteiger partial charge is 0.177 e. The zero-order valence-corrected chi connectivity index (χ0v) is 8.60. The van der Waals surface area contributed by atoms with Crippen LogP contribution in [0.15, 0.2) is 18.3 Å². The van der Waals surface area contributed by atoms with Crippen LogP contribution in [-0.2, 0) is 4.74 Å². The third-order valence-electron chi connectivity index (χ3n) is 3.00. The standard InChI is InChI=1S/C11H13N3O/c1-7-8(4-6-15-7)10-13-9-3-2-5-12-11(9)14-10/h2-3,5,7-8H,4,6H2,1H3,(H,12,13,14). The van der Waals surface area contributed by atoms with Gasteiger partial charge in [-0.25, -0.2) is 9.97 Å². The number of fused-ring (bicyclic) bond motifs is 1. The highest BCUT2D eigenvalue weighted by Gasteiger charge is 2.28. The number of hydrogen-bond acceptors (Lipinski definition) is 3. The molecule has 1 aliphatic rings. The van der Waals surface area contributed by atoms with Crippen molar-refractivity contribution in [3.63, 3.8) is 0 Å². The van der Waals surface area contributed by atoms with Gasteiger partial charge in [-0.1, -0.05) is 0 Å². The van der Waals surface area contributed by atoms with Crippen molar-refractivity contribution in [2.75, 3.05) is 6.61 Å². The van der Waals surface area contributed by atoms with Gasteiger partial charge in [0.05, 0.1) is 11.6 Å². The van der Waals surface area contributed by atoms with E-state index in [4.69, 9.17) is 4.74 Å². The molecule has 78 valence electrons. The number of nitrogens with one attached hydrogen (secondary N) is 1. The van der Waals surface area contributed by atoms with Crippen LogP contribution in [0.4, 0.5) is 0 Å². The molecule has 0 aliphatic carbocycles. The molecule has 0 saturated carbocycles. The highest BCUT2D eigenvalue weighted by Crippen LogP contribution is 2.29. The van der Waals surface area contributed by atoms with E-state index in [1.165, 1.54) is 0 Å². The Morgan fingerprint density at radius 3 is 3.20 bits per heavy atom. The fourth-order valence-electron chi connectivity index (χ4n) is 2.13. The van der Waals surface area contributed by atoms with Gasteiger partial charge in [0, 0.05) is 18.7 Å². The summed E-state index contributed by atoms with van der Waals surface area (Å²) in [7, 11) is 0. The Morgan fingerprint density at radius 1 is 1.53 bits per heavy atom. The topological polar surface area (TPSA) is 50.8 Å². The summed E-state index contributed by atoms with van der Waals surface area (Å²) in [5.74, 6) is 1.40. The van der Waals surface area contributed by atoms with Gasteiger partial charge in [0.2, 0.25) is 0 Å². The van der Waals surface area contributed by atoms with Crippen molar-refractivity contribution in [1.29, 1.82) is 0 Å². The van der Waals surface area contributed by atoms with Crippen LogP contribution < -0.4 is 0 Å². The monoisotopic (exact) mass is 203 g/mol. The highest BCUT2D eigenvalue weighted by molar-refractivity contribution is 5.70. The molecule has 0 bridgehead atoms. The molecule has 2 aromatic rings. The van der Waals surface area contributed by atoms with Crippen LogP contribution in [0.3, 0.4) is 0 Å². The lowest BCUT2D eigenvalue weighted by Crippen LogP contribution is -2.10. The number of rotatable bonds is 1. The molecular formula is C11H13N3O. The molecule has 0 aromatic carbocycles. The van der Waals surface area contributed by atoms with E-state index >= 15 is 0 Å². The molecule has 1 saturated heterocycles. The first kappa shape index (κ1) is 8.85. The zero-order valence-electron chi connectivity index (χ0n) is 8.60. The Bertz CT molecular complexity index is 446. The molecule has 0 spiro atoms. The van der Waals surface area contributed by atoms with E-state index in [2.05, 4.69) is 21.9 Å². The molecule has 1 aliphatic heterocycles. The maximum atomic E-state index is 5.54. The first-order chi connectivity index (χ1) is 7.34. The Morgan fingerprint density at radius 2 is 2.47 bits per heavy atom. The highest BCUT2D eigenvalue weighted by atomic mass is 16.5. The lowest BCUT2D eigenvalue weighted by atomic mass is 10.0. The summed E-state index contributed by atoms with van der Waals surface area (Å²) in [5, 5.41) is 0. The van der Waals surface area contributed by atoms with Gasteiger partial charge in [0.15, 0.2) is 5.65 Å². The van der Waals surface area contributed by atoms with Gasteiger partial charge in [-0.05, 0) is 25.5 Å². The fourth-order valence-corrected chi connectivity index (χ4v) is 2.13. The summed E-state index contributed by atoms with van der Waals surface area (Å²) < 4.78 is 5.54. The third-order valence-corrected chi connectivity index (χ3v) is 3.00. The van der Waals surface area contributed by atoms with E-state index in [1.807, 2.05) is 12.1 Å². The van der Waals surface area contributed by atoms with Gasteiger partial charge in [-0.3, -0.25) is 0 Å². The summed E-state index contributed by atoms with van der Waals surface area (Å²) in [5.41, 5.74) is 1.80. The van der Waals surface area contributed by atoms with Gasteiger partial charge in [0.1, 0.15) is 5.82 Å². The van der Waals surface area contributed by atoms with Crippen LogP contribution in [0, 0.1) is 0 Å². The molecular weight excluding hydrogens is 190 g/mol. The van der Waals surface area contributed by atoms with Crippen molar-refractivity contribution >= 4 is 11.2 Å². The summed E-state index contributed by atoms with van der Waals surface area (Å²) in [6, 6.07) is 3.91. The molecule has 0 radical (unpaired) electrons. The number of aromatic amines is 1. The Hall–Kier alpha value is -1.42. The molecule has 2 aromatic heterocycles. The van der Waals surface area contributed by atoms with Crippen molar-refractivity contribution in [1.82, 2.24) is 15.0 Å². The largest absolute Gasteiger partial charge is 0.378 e. The number of ether oxygens (including phenoxy) is 1. The van der Waals surface area contributed by atoms with E-state index in [-0.39, 0.29) is 6.10 Å². The van der Waals surface area contributed by atoms with E-state index in [0.717, 1.165) is 30.0 Å². The average Bonchev–Trinajstić information content (AvgIpc) is 2.82. The van der Waals surface area contributed by atoms with E-state index < -0.39 is 0 Å². The SMILES string of the molecule is CC1OCCC1c1nc2ncccc2[nH]1. The number of hydrogen-bond donors (Lipinski definition) is 1. The van der Waals surface area contributed by atoms with Gasteiger partial charge in [0.25, 0.3) is 0 Å². The molecule has 2 atom stereocenters. The summed E-state index contributed by atoms with van der Waals surface area (Å²) in [4.78, 5) is 12.0. The van der Waals surface area contributed by atoms with Gasteiger partial charge in [-0.2, -0.15) is 0 Å². The fraction of sp³-hybridized carbons (Fsp3) is 0.455. The average molecular weight is 203 g/mol. The van der Waals surface area contributed by atoms with Gasteiger partial charge < -0.3 is 9.72 Å². The minimum absolute atomic E-state index is 0.255. The molecule has 2 unspecified atom stereocenters. The Kier molecular flexibility index (Phi) is 1.95. The van der Waals surface area contributed by atoms with E-state index in [9.17, 15) is 0 Å². The Balaban J connectivity index is 2.04. The van der Waals surface area contributed by atoms with Crippen LogP contribution in [-0.4, -0.2) is 27.7 Å². The van der Waals surface area contributed by atoms with Crippen LogP contribution in [0.1, 0.15) is 25.1 Å². The van der Waals surface area contributed by atoms with Crippen molar-refractivity contribution in [2.24, 2.45) is 0 Å². The minimum atomic E-state index is 0.255. The van der Waals surface area contributed by atoms with Crippen LogP contribution in [0.5, 0.6) is 0 Å². The molecule has 15 heavy (non-hydrogen) atoms. The predicted molar refractivity (Wildman–Crippen MR) is 56.7 cm³/mol. The second kappa shape index (κ2) is 3.31. The van der Waals surface area contributed by atoms with Crippen molar-refractivity contribution < 1.29 is 4.74 Å². The Labute approximate surface area is 87.7 Å². The summed E-state index contributed by atoms with van der Waals surface area (Å²) in [6.45, 7) is 2.93. The number of H-pyrrole nitrogens is 1. The summed E-state index contributed by atoms with van der Waals surface area (Å²) >= 11 is 0. The normalized spacial score (nSPS) is 26.2. The number of aromatic nitrogens is 3. The molecule has 0 amide bonds. The zero-order chi connectivity index (χ0) is 10.3. The second-order valence-corrected chi connectivity index (χ2v) is 3.97. The minimum Gasteiger partial charge on any atom is -0.378 e. The maximum absolute atomic E-state index is 5.54. The van der Waals surface area contributed by atoms with E-state index in [0.29, 0.717) is 5.92 Å². The molecule has 1 N–H and O–H groups in total. The maximum Gasteiger partial charge on any atom is 0.177 e. The second-order valence-electron chi connectivity index (χ2n) is 3.97. The quantitative estimate of drug-likeness (QED) is 0.769. The first-order valence-electron chi connectivity index (χ1n) is 5.27. The number of nitrogens with zero attached hydrogens (tertiary/aromatic N) is 2. The molecule has 3 rings (SSSR count). The van der Waals surface area contributed by atoms with Crippen molar-refractivity contribution in [3.8, 4) is 0 Å². The summed E-state index contributed by atoms with van der Waals surface area (Å²) in [6.07, 6.45) is 3.06.